The van der Waals surface area contributed by atoms with E-state index >= 15 is 0 Å². The van der Waals surface area contributed by atoms with Crippen molar-refractivity contribution >= 4 is 5.91 Å². The van der Waals surface area contributed by atoms with Crippen molar-refractivity contribution in [1.82, 2.24) is 10.2 Å². The number of hydrogen-bond acceptors (Lipinski definition) is 2. The Bertz CT molecular complexity index is 468. The first-order valence-corrected chi connectivity index (χ1v) is 7.31. The van der Waals surface area contributed by atoms with Crippen LogP contribution in [0.25, 0.3) is 0 Å². The average Bonchev–Trinajstić information content (AvgIpc) is 3.21. The van der Waals surface area contributed by atoms with E-state index in [1.165, 1.54) is 24.0 Å². The van der Waals surface area contributed by atoms with Gasteiger partial charge in [-0.15, -0.1) is 0 Å². The fourth-order valence-corrected chi connectivity index (χ4v) is 3.02. The van der Waals surface area contributed by atoms with E-state index in [-0.39, 0.29) is 5.91 Å². The van der Waals surface area contributed by atoms with Gasteiger partial charge in [0.2, 0.25) is 5.91 Å². The summed E-state index contributed by atoms with van der Waals surface area (Å²) in [5.74, 6) is 0.174. The smallest absolute Gasteiger partial charge is 0.234 e. The Morgan fingerprint density at radius 2 is 2.11 bits per heavy atom. The second kappa shape index (κ2) is 5.33. The number of likely N-dealkylation sites (N-methyl/N-ethyl adjacent to an activating group) is 1. The summed E-state index contributed by atoms with van der Waals surface area (Å²) in [5, 5.41) is 3.07. The number of benzene rings is 1. The van der Waals surface area contributed by atoms with Crippen LogP contribution in [0.3, 0.4) is 0 Å². The van der Waals surface area contributed by atoms with Crippen LogP contribution in [0.1, 0.15) is 42.9 Å². The number of fused-ring (bicyclic) bond motifs is 1. The van der Waals surface area contributed by atoms with Gasteiger partial charge in [0, 0.05) is 12.1 Å². The molecule has 0 heterocycles. The minimum Gasteiger partial charge on any atom is -0.352 e. The number of nitrogens with one attached hydrogen (secondary N) is 1. The van der Waals surface area contributed by atoms with Crippen LogP contribution < -0.4 is 5.32 Å². The standard InChI is InChI=1S/C16H22N2O/c1-18(11-16(19)17-13-9-10-13)15-8-4-6-12-5-2-3-7-14(12)15/h2-3,5,7,13,15H,4,6,8-11H2,1H3,(H,17,19)/t15-/m0/s1. The zero-order valence-corrected chi connectivity index (χ0v) is 11.6. The third-order valence-corrected chi connectivity index (χ3v) is 4.21. The van der Waals surface area contributed by atoms with Crippen LogP contribution in [-0.4, -0.2) is 30.4 Å². The van der Waals surface area contributed by atoms with E-state index < -0.39 is 0 Å². The third-order valence-electron chi connectivity index (χ3n) is 4.21. The monoisotopic (exact) mass is 258 g/mol. The first-order valence-electron chi connectivity index (χ1n) is 7.31. The van der Waals surface area contributed by atoms with E-state index in [4.69, 9.17) is 0 Å². The molecule has 102 valence electrons. The maximum atomic E-state index is 11.9. The highest BCUT2D eigenvalue weighted by Crippen LogP contribution is 2.33. The lowest BCUT2D eigenvalue weighted by atomic mass is 9.87. The summed E-state index contributed by atoms with van der Waals surface area (Å²) in [5.41, 5.74) is 2.86. The molecule has 0 radical (unpaired) electrons. The minimum atomic E-state index is 0.174. The van der Waals surface area contributed by atoms with Crippen LogP contribution >= 0.6 is 0 Å². The zero-order chi connectivity index (χ0) is 13.2. The Kier molecular flexibility index (Phi) is 3.56. The van der Waals surface area contributed by atoms with E-state index in [0.29, 0.717) is 18.6 Å². The number of hydrogen-bond donors (Lipinski definition) is 1. The molecule has 0 aliphatic heterocycles. The Labute approximate surface area is 115 Å². The molecule has 2 aliphatic carbocycles. The molecule has 1 fully saturated rings. The van der Waals surface area contributed by atoms with Gasteiger partial charge >= 0.3 is 0 Å². The van der Waals surface area contributed by atoms with E-state index in [1.807, 2.05) is 0 Å². The van der Waals surface area contributed by atoms with Gasteiger partial charge in [0.15, 0.2) is 0 Å². The maximum absolute atomic E-state index is 11.9. The van der Waals surface area contributed by atoms with Gasteiger partial charge < -0.3 is 5.32 Å². The molecule has 3 nitrogen and oxygen atoms in total. The molecule has 1 aromatic carbocycles. The summed E-state index contributed by atoms with van der Waals surface area (Å²) in [6, 6.07) is 9.51. The fourth-order valence-electron chi connectivity index (χ4n) is 3.02. The van der Waals surface area contributed by atoms with E-state index in [2.05, 4.69) is 41.5 Å². The molecule has 1 amide bonds. The first-order chi connectivity index (χ1) is 9.24. The number of nitrogens with zero attached hydrogens (tertiary/aromatic N) is 1. The molecule has 3 rings (SSSR count). The fraction of sp³-hybridized carbons (Fsp3) is 0.562. The maximum Gasteiger partial charge on any atom is 0.234 e. The van der Waals surface area contributed by atoms with Crippen LogP contribution in [0.15, 0.2) is 24.3 Å². The van der Waals surface area contributed by atoms with Crippen molar-refractivity contribution in [2.45, 2.75) is 44.2 Å². The molecule has 0 bridgehead atoms. The van der Waals surface area contributed by atoms with E-state index in [0.717, 1.165) is 19.3 Å². The molecular weight excluding hydrogens is 236 g/mol. The van der Waals surface area contributed by atoms with Crippen molar-refractivity contribution in [3.63, 3.8) is 0 Å². The lowest BCUT2D eigenvalue weighted by Crippen LogP contribution is -2.38. The summed E-state index contributed by atoms with van der Waals surface area (Å²) in [6.07, 6.45) is 5.86. The molecule has 1 N–H and O–H groups in total. The molecule has 0 unspecified atom stereocenters. The SMILES string of the molecule is CN(CC(=O)NC1CC1)[C@H]1CCCc2ccccc21. The quantitative estimate of drug-likeness (QED) is 0.898. The van der Waals surface area contributed by atoms with Crippen LogP contribution in [0, 0.1) is 0 Å². The van der Waals surface area contributed by atoms with E-state index in [1.54, 1.807) is 0 Å². The number of amides is 1. The normalized spacial score (nSPS) is 22.1. The van der Waals surface area contributed by atoms with Crippen molar-refractivity contribution in [2.75, 3.05) is 13.6 Å². The van der Waals surface area contributed by atoms with Crippen molar-refractivity contribution in [3.05, 3.63) is 35.4 Å². The van der Waals surface area contributed by atoms with Gasteiger partial charge in [-0.3, -0.25) is 9.69 Å². The zero-order valence-electron chi connectivity index (χ0n) is 11.6. The number of carbonyl (C=O) groups is 1. The summed E-state index contributed by atoms with van der Waals surface area (Å²) in [6.45, 7) is 0.509. The Morgan fingerprint density at radius 1 is 1.32 bits per heavy atom. The highest BCUT2D eigenvalue weighted by Gasteiger charge is 2.27. The highest BCUT2D eigenvalue weighted by molar-refractivity contribution is 5.78. The van der Waals surface area contributed by atoms with Gasteiger partial charge in [0.25, 0.3) is 0 Å². The summed E-state index contributed by atoms with van der Waals surface area (Å²) >= 11 is 0. The van der Waals surface area contributed by atoms with Crippen molar-refractivity contribution in [2.24, 2.45) is 0 Å². The summed E-state index contributed by atoms with van der Waals surface area (Å²) in [4.78, 5) is 14.1. The van der Waals surface area contributed by atoms with Crippen molar-refractivity contribution in [1.29, 1.82) is 0 Å². The Balaban J connectivity index is 1.66. The first kappa shape index (κ1) is 12.7. The molecule has 0 spiro atoms. The molecule has 19 heavy (non-hydrogen) atoms. The lowest BCUT2D eigenvalue weighted by molar-refractivity contribution is -0.122. The molecule has 2 aliphatic rings. The predicted octanol–water partition coefficient (Wildman–Crippen LogP) is 2.27. The second-order valence-electron chi connectivity index (χ2n) is 5.86. The predicted molar refractivity (Wildman–Crippen MR) is 75.9 cm³/mol. The van der Waals surface area contributed by atoms with Gasteiger partial charge in [0.05, 0.1) is 6.54 Å². The second-order valence-corrected chi connectivity index (χ2v) is 5.86. The van der Waals surface area contributed by atoms with Gasteiger partial charge in [-0.05, 0) is 50.3 Å². The van der Waals surface area contributed by atoms with Crippen LogP contribution in [-0.2, 0) is 11.2 Å². The van der Waals surface area contributed by atoms with Crippen LogP contribution in [0.4, 0.5) is 0 Å². The molecule has 1 saturated carbocycles. The minimum absolute atomic E-state index is 0.174. The number of carbonyl (C=O) groups excluding carboxylic acids is 1. The summed E-state index contributed by atoms with van der Waals surface area (Å²) in [7, 11) is 2.07. The van der Waals surface area contributed by atoms with Gasteiger partial charge in [-0.25, -0.2) is 0 Å². The molecule has 0 saturated heterocycles. The molecular formula is C16H22N2O. The highest BCUT2D eigenvalue weighted by atomic mass is 16.2. The summed E-state index contributed by atoms with van der Waals surface area (Å²) < 4.78 is 0. The van der Waals surface area contributed by atoms with Gasteiger partial charge in [0.1, 0.15) is 0 Å². The Morgan fingerprint density at radius 3 is 2.89 bits per heavy atom. The largest absolute Gasteiger partial charge is 0.352 e. The lowest BCUT2D eigenvalue weighted by Gasteiger charge is -2.32. The third kappa shape index (κ3) is 2.98. The number of aryl methyl sites for hydroxylation is 1. The average molecular weight is 258 g/mol. The molecule has 3 heteroatoms. The molecule has 0 aromatic heterocycles. The number of rotatable bonds is 4. The van der Waals surface area contributed by atoms with Gasteiger partial charge in [-0.1, -0.05) is 24.3 Å². The van der Waals surface area contributed by atoms with Crippen molar-refractivity contribution in [3.8, 4) is 0 Å². The van der Waals surface area contributed by atoms with Crippen molar-refractivity contribution < 1.29 is 4.79 Å². The van der Waals surface area contributed by atoms with Gasteiger partial charge in [-0.2, -0.15) is 0 Å². The van der Waals surface area contributed by atoms with Crippen LogP contribution in [0.2, 0.25) is 0 Å². The van der Waals surface area contributed by atoms with E-state index in [9.17, 15) is 4.79 Å². The van der Waals surface area contributed by atoms with Crippen LogP contribution in [0.5, 0.6) is 0 Å². The topological polar surface area (TPSA) is 32.3 Å². The Hall–Kier alpha value is -1.35. The molecule has 1 atom stereocenters. The molecule has 1 aromatic rings.